The number of esters is 1. The minimum Gasteiger partial charge on any atom is -0.463 e. The molecule has 22 heavy (non-hydrogen) atoms. The van der Waals surface area contributed by atoms with Crippen molar-refractivity contribution in [1.82, 2.24) is 19.5 Å². The Balaban J connectivity index is 1.89. The largest absolute Gasteiger partial charge is 0.463 e. The normalized spacial score (nSPS) is 17.1. The van der Waals surface area contributed by atoms with Crippen LogP contribution in [-0.4, -0.2) is 32.1 Å². The lowest BCUT2D eigenvalue weighted by atomic mass is 10.2. The van der Waals surface area contributed by atoms with Crippen LogP contribution >= 0.6 is 0 Å². The van der Waals surface area contributed by atoms with Gasteiger partial charge in [-0.2, -0.15) is 0 Å². The van der Waals surface area contributed by atoms with E-state index in [1.807, 2.05) is 10.6 Å². The van der Waals surface area contributed by atoms with Crippen molar-refractivity contribution in [2.24, 2.45) is 5.11 Å². The molecule has 0 amide bonds. The molecule has 0 radical (unpaired) electrons. The summed E-state index contributed by atoms with van der Waals surface area (Å²) in [5.74, 6) is -0.0818. The third-order valence-electron chi connectivity index (χ3n) is 3.50. The number of hydrogen-bond donors (Lipinski definition) is 0. The van der Waals surface area contributed by atoms with Crippen LogP contribution in [0.2, 0.25) is 0 Å². The van der Waals surface area contributed by atoms with E-state index in [9.17, 15) is 4.79 Å². The van der Waals surface area contributed by atoms with Gasteiger partial charge in [0.05, 0.1) is 12.9 Å². The van der Waals surface area contributed by atoms with E-state index in [-0.39, 0.29) is 17.8 Å². The zero-order valence-corrected chi connectivity index (χ0v) is 11.9. The molecular formula is C13H13N7O2. The topological polar surface area (TPSA) is 119 Å². The summed E-state index contributed by atoms with van der Waals surface area (Å²) in [6.07, 6.45) is 6.09. The second-order valence-corrected chi connectivity index (χ2v) is 4.75. The quantitative estimate of drug-likeness (QED) is 0.372. The average molecular weight is 299 g/mol. The predicted molar refractivity (Wildman–Crippen MR) is 77.1 cm³/mol. The second-order valence-electron chi connectivity index (χ2n) is 4.75. The van der Waals surface area contributed by atoms with E-state index < -0.39 is 0 Å². The molecule has 0 fully saturated rings. The molecule has 3 rings (SSSR count). The van der Waals surface area contributed by atoms with Gasteiger partial charge in [0.1, 0.15) is 11.8 Å². The second kappa shape index (κ2) is 5.82. The molecule has 2 aromatic rings. The molecule has 2 aromatic heterocycles. The molecular weight excluding hydrogens is 286 g/mol. The van der Waals surface area contributed by atoms with Crippen LogP contribution < -0.4 is 0 Å². The van der Waals surface area contributed by atoms with Crippen molar-refractivity contribution in [1.29, 1.82) is 0 Å². The van der Waals surface area contributed by atoms with Crippen molar-refractivity contribution in [3.63, 3.8) is 0 Å². The highest BCUT2D eigenvalue weighted by atomic mass is 16.5. The number of aromatic nitrogens is 4. The molecule has 1 atom stereocenters. The Morgan fingerprint density at radius 3 is 3.18 bits per heavy atom. The number of carbonyl (C=O) groups excluding carboxylic acids is 1. The summed E-state index contributed by atoms with van der Waals surface area (Å²) < 4.78 is 6.89. The number of carbonyl (C=O) groups is 1. The van der Waals surface area contributed by atoms with Crippen molar-refractivity contribution in [3.8, 4) is 0 Å². The van der Waals surface area contributed by atoms with Crippen LogP contribution in [0.3, 0.4) is 0 Å². The highest BCUT2D eigenvalue weighted by Gasteiger charge is 2.25. The van der Waals surface area contributed by atoms with Crippen molar-refractivity contribution < 1.29 is 9.53 Å². The van der Waals surface area contributed by atoms with Crippen molar-refractivity contribution in [2.45, 2.75) is 25.8 Å². The minimum atomic E-state index is -0.279. The summed E-state index contributed by atoms with van der Waals surface area (Å²) in [4.78, 5) is 26.8. The fourth-order valence-electron chi connectivity index (χ4n) is 2.52. The molecule has 112 valence electrons. The first kappa shape index (κ1) is 14.0. The molecule has 0 unspecified atom stereocenters. The number of rotatable bonds is 4. The Morgan fingerprint density at radius 2 is 2.41 bits per heavy atom. The molecule has 2 heterocycles. The molecule has 9 heteroatoms. The molecule has 1 aliphatic carbocycles. The van der Waals surface area contributed by atoms with Crippen LogP contribution in [0.15, 0.2) is 29.4 Å². The summed E-state index contributed by atoms with van der Waals surface area (Å²) in [6, 6.07) is 0.0400. The van der Waals surface area contributed by atoms with Gasteiger partial charge in [-0.15, -0.1) is 0 Å². The monoisotopic (exact) mass is 299 g/mol. The highest BCUT2D eigenvalue weighted by molar-refractivity contribution is 5.89. The first-order valence-electron chi connectivity index (χ1n) is 6.83. The van der Waals surface area contributed by atoms with E-state index in [4.69, 9.17) is 10.3 Å². The lowest BCUT2D eigenvalue weighted by Crippen LogP contribution is -2.10. The molecule has 0 aliphatic heterocycles. The van der Waals surface area contributed by atoms with Gasteiger partial charge in [0.25, 0.3) is 0 Å². The van der Waals surface area contributed by atoms with E-state index >= 15 is 0 Å². The van der Waals surface area contributed by atoms with E-state index in [1.54, 1.807) is 13.3 Å². The van der Waals surface area contributed by atoms with Crippen LogP contribution in [0, 0.1) is 0 Å². The zero-order chi connectivity index (χ0) is 15.5. The van der Waals surface area contributed by atoms with Crippen LogP contribution in [0.4, 0.5) is 5.82 Å². The molecule has 0 saturated heterocycles. The van der Waals surface area contributed by atoms with Crippen molar-refractivity contribution >= 4 is 23.0 Å². The molecule has 0 N–H and O–H groups in total. The number of azide groups is 1. The van der Waals surface area contributed by atoms with E-state index in [0.717, 1.165) is 0 Å². The van der Waals surface area contributed by atoms with Gasteiger partial charge in [0.2, 0.25) is 0 Å². The van der Waals surface area contributed by atoms with Crippen LogP contribution in [0.1, 0.15) is 25.8 Å². The molecule has 0 aromatic carbocycles. The Bertz CT molecular complexity index is 804. The zero-order valence-electron chi connectivity index (χ0n) is 11.9. The van der Waals surface area contributed by atoms with Crippen LogP contribution in [0.5, 0.6) is 0 Å². The number of ether oxygens (including phenoxy) is 1. The summed E-state index contributed by atoms with van der Waals surface area (Å²) in [7, 11) is 0. The van der Waals surface area contributed by atoms with E-state index in [2.05, 4.69) is 25.0 Å². The minimum absolute atomic E-state index is 0.0400. The Labute approximate surface area is 125 Å². The Hall–Kier alpha value is -2.93. The van der Waals surface area contributed by atoms with Gasteiger partial charge in [0, 0.05) is 22.9 Å². The van der Waals surface area contributed by atoms with Gasteiger partial charge in [0.15, 0.2) is 11.5 Å². The number of imidazole rings is 1. The van der Waals surface area contributed by atoms with Crippen molar-refractivity contribution in [2.75, 3.05) is 6.61 Å². The smallest absolute Gasteiger partial charge is 0.333 e. The molecule has 0 saturated carbocycles. The number of fused-ring (bicyclic) bond motifs is 1. The van der Waals surface area contributed by atoms with Gasteiger partial charge in [-0.05, 0) is 24.0 Å². The Kier molecular flexibility index (Phi) is 3.71. The lowest BCUT2D eigenvalue weighted by molar-refractivity contribution is -0.138. The fraction of sp³-hybridized carbons (Fsp3) is 0.385. The number of nitrogens with zero attached hydrogens (tertiary/aromatic N) is 7. The number of allylic oxidation sites excluding steroid dienone is 1. The van der Waals surface area contributed by atoms with Crippen LogP contribution in [0.25, 0.3) is 21.6 Å². The van der Waals surface area contributed by atoms with E-state index in [0.29, 0.717) is 36.2 Å². The fourth-order valence-corrected chi connectivity index (χ4v) is 2.52. The van der Waals surface area contributed by atoms with Crippen molar-refractivity contribution in [3.05, 3.63) is 34.7 Å². The first-order valence-corrected chi connectivity index (χ1v) is 6.83. The number of hydrogen-bond acceptors (Lipinski definition) is 6. The molecule has 9 nitrogen and oxygen atoms in total. The predicted octanol–water partition coefficient (Wildman–Crippen LogP) is 2.59. The third kappa shape index (κ3) is 2.38. The average Bonchev–Trinajstić information content (AvgIpc) is 3.14. The summed E-state index contributed by atoms with van der Waals surface area (Å²) in [6.45, 7) is 2.14. The maximum atomic E-state index is 11.8. The van der Waals surface area contributed by atoms with Gasteiger partial charge >= 0.3 is 5.97 Å². The summed E-state index contributed by atoms with van der Waals surface area (Å²) in [5, 5.41) is 3.51. The summed E-state index contributed by atoms with van der Waals surface area (Å²) >= 11 is 0. The maximum absolute atomic E-state index is 11.8. The lowest BCUT2D eigenvalue weighted by Gasteiger charge is -2.12. The van der Waals surface area contributed by atoms with Gasteiger partial charge < -0.3 is 9.30 Å². The molecule has 1 aliphatic rings. The van der Waals surface area contributed by atoms with Gasteiger partial charge in [-0.25, -0.2) is 19.7 Å². The summed E-state index contributed by atoms with van der Waals surface area (Å²) in [5.41, 5.74) is 10.2. The SMILES string of the molecule is CCOC(=O)C1=CC[C@H](n2cnc3c(N=[N+]=[N-])ncnc32)C1. The molecule has 0 spiro atoms. The maximum Gasteiger partial charge on any atom is 0.333 e. The van der Waals surface area contributed by atoms with Gasteiger partial charge in [-0.1, -0.05) is 6.08 Å². The highest BCUT2D eigenvalue weighted by Crippen LogP contribution is 2.33. The molecule has 0 bridgehead atoms. The van der Waals surface area contributed by atoms with E-state index in [1.165, 1.54) is 6.33 Å². The first-order chi connectivity index (χ1) is 10.7. The Morgan fingerprint density at radius 1 is 1.55 bits per heavy atom. The van der Waals surface area contributed by atoms with Crippen LogP contribution in [-0.2, 0) is 9.53 Å². The third-order valence-corrected chi connectivity index (χ3v) is 3.50. The van der Waals surface area contributed by atoms with Gasteiger partial charge in [-0.3, -0.25) is 0 Å². The standard InChI is InChI=1S/C13H13N7O2/c1-2-22-13(21)8-3-4-9(5-8)20-7-17-10-11(18-19-14)15-6-16-12(10)20/h3,6-7,9H,2,4-5H2,1H3/t9-/m0/s1.